The number of aromatic nitrogens is 2. The van der Waals surface area contributed by atoms with Gasteiger partial charge in [-0.2, -0.15) is 5.26 Å². The largest absolute Gasteiger partial charge is 0.361 e. The number of pyridine rings is 1. The van der Waals surface area contributed by atoms with Crippen LogP contribution in [0.15, 0.2) is 66.0 Å². The minimum atomic E-state index is -3.73. The quantitative estimate of drug-likeness (QED) is 0.436. The van der Waals surface area contributed by atoms with Crippen LogP contribution in [0.4, 0.5) is 11.4 Å². The second kappa shape index (κ2) is 8.07. The number of nitrogens with two attached hydrogens (primary N) is 1. The molecule has 4 aromatic rings. The summed E-state index contributed by atoms with van der Waals surface area (Å²) in [6, 6.07) is 14.4. The van der Waals surface area contributed by atoms with E-state index < -0.39 is 10.0 Å². The van der Waals surface area contributed by atoms with E-state index in [9.17, 15) is 13.7 Å². The van der Waals surface area contributed by atoms with Crippen molar-refractivity contribution in [3.8, 4) is 6.07 Å². The number of anilines is 2. The third kappa shape index (κ3) is 4.19. The molecule has 0 fully saturated rings. The molecule has 0 aliphatic heterocycles. The fourth-order valence-electron chi connectivity index (χ4n) is 3.34. The van der Waals surface area contributed by atoms with Gasteiger partial charge >= 0.3 is 0 Å². The van der Waals surface area contributed by atoms with Crippen molar-refractivity contribution >= 4 is 44.5 Å². The van der Waals surface area contributed by atoms with Crippen LogP contribution in [0.2, 0.25) is 0 Å². The number of primary sulfonamides is 1. The average Bonchev–Trinajstić information content (AvgIpc) is 3.24. The molecule has 0 radical (unpaired) electrons. The van der Waals surface area contributed by atoms with E-state index >= 15 is 0 Å². The summed E-state index contributed by atoms with van der Waals surface area (Å²) < 4.78 is 22.8. The number of aryl methyl sites for hydroxylation is 1. The van der Waals surface area contributed by atoms with Crippen LogP contribution in [0.5, 0.6) is 0 Å². The van der Waals surface area contributed by atoms with Crippen molar-refractivity contribution in [2.75, 3.05) is 5.32 Å². The van der Waals surface area contributed by atoms with Gasteiger partial charge in [-0.05, 0) is 48.4 Å². The minimum absolute atomic E-state index is 0.0516. The molecule has 31 heavy (non-hydrogen) atoms. The van der Waals surface area contributed by atoms with E-state index in [2.05, 4.69) is 21.4 Å². The molecule has 4 N–H and O–H groups in total. The van der Waals surface area contributed by atoms with Crippen LogP contribution in [-0.2, 0) is 10.0 Å². The number of sulfonamides is 1. The maximum absolute atomic E-state index is 11.4. The van der Waals surface area contributed by atoms with Crippen LogP contribution in [0.1, 0.15) is 22.3 Å². The third-order valence-corrected chi connectivity index (χ3v) is 5.95. The molecule has 0 aliphatic carbocycles. The van der Waals surface area contributed by atoms with Crippen molar-refractivity contribution in [1.29, 1.82) is 5.26 Å². The summed E-state index contributed by atoms with van der Waals surface area (Å²) in [7, 11) is -3.73. The Labute approximate surface area is 179 Å². The summed E-state index contributed by atoms with van der Waals surface area (Å²) in [6.07, 6.45) is 8.72. The number of hydrogen-bond acceptors (Lipinski definition) is 5. The summed E-state index contributed by atoms with van der Waals surface area (Å²) in [6.45, 7) is 2.02. The van der Waals surface area contributed by atoms with Gasteiger partial charge in [0.15, 0.2) is 0 Å². The lowest BCUT2D eigenvalue weighted by molar-refractivity contribution is 0.598. The van der Waals surface area contributed by atoms with Crippen molar-refractivity contribution in [3.63, 3.8) is 0 Å². The molecule has 0 saturated carbocycles. The highest BCUT2D eigenvalue weighted by atomic mass is 32.2. The zero-order valence-corrected chi connectivity index (χ0v) is 17.4. The Morgan fingerprint density at radius 1 is 1.10 bits per heavy atom. The van der Waals surface area contributed by atoms with Gasteiger partial charge in [-0.15, -0.1) is 0 Å². The molecule has 7 nitrogen and oxygen atoms in total. The van der Waals surface area contributed by atoms with Crippen LogP contribution in [-0.4, -0.2) is 18.4 Å². The Balaban J connectivity index is 1.70. The molecule has 0 amide bonds. The molecule has 0 spiro atoms. The molecule has 2 heterocycles. The van der Waals surface area contributed by atoms with E-state index in [1.54, 1.807) is 18.3 Å². The second-order valence-electron chi connectivity index (χ2n) is 7.01. The smallest absolute Gasteiger partial charge is 0.238 e. The van der Waals surface area contributed by atoms with Gasteiger partial charge in [0, 0.05) is 40.7 Å². The summed E-state index contributed by atoms with van der Waals surface area (Å²) >= 11 is 0. The lowest BCUT2D eigenvalue weighted by Crippen LogP contribution is -2.11. The van der Waals surface area contributed by atoms with Crippen molar-refractivity contribution in [2.24, 2.45) is 5.14 Å². The maximum Gasteiger partial charge on any atom is 0.238 e. The van der Waals surface area contributed by atoms with Gasteiger partial charge in [-0.25, -0.2) is 13.6 Å². The fraction of sp³-hybridized carbons (Fsp3) is 0.0435. The molecular formula is C23H19N5O2S. The zero-order valence-electron chi connectivity index (χ0n) is 16.6. The number of nitrogens with one attached hydrogen (secondary N) is 2. The summed E-state index contributed by atoms with van der Waals surface area (Å²) in [5.41, 5.74) is 5.57. The monoisotopic (exact) mass is 429 g/mol. The fourth-order valence-corrected chi connectivity index (χ4v) is 3.85. The van der Waals surface area contributed by atoms with Crippen LogP contribution in [0, 0.1) is 18.3 Å². The molecule has 0 bridgehead atoms. The summed E-state index contributed by atoms with van der Waals surface area (Å²) in [5, 5.41) is 19.2. The highest BCUT2D eigenvalue weighted by Gasteiger charge is 2.11. The molecule has 8 heteroatoms. The molecular weight excluding hydrogens is 410 g/mol. The Morgan fingerprint density at radius 3 is 2.58 bits per heavy atom. The van der Waals surface area contributed by atoms with E-state index in [4.69, 9.17) is 5.14 Å². The predicted molar refractivity (Wildman–Crippen MR) is 122 cm³/mol. The molecule has 2 aromatic heterocycles. The van der Waals surface area contributed by atoms with Crippen molar-refractivity contribution < 1.29 is 8.42 Å². The number of hydrogen-bond donors (Lipinski definition) is 3. The average molecular weight is 430 g/mol. The van der Waals surface area contributed by atoms with E-state index in [-0.39, 0.29) is 4.90 Å². The highest BCUT2D eigenvalue weighted by molar-refractivity contribution is 7.89. The van der Waals surface area contributed by atoms with E-state index in [0.717, 1.165) is 33.3 Å². The number of nitriles is 1. The topological polar surface area (TPSA) is 125 Å². The van der Waals surface area contributed by atoms with Gasteiger partial charge in [0.2, 0.25) is 10.0 Å². The molecule has 0 saturated heterocycles. The Bertz CT molecular complexity index is 1450. The standard InChI is InChI=1S/C23H19N5O2S/c1-15-20-10-11-27-22(20)9-8-21(15)28-23-17(13-26-14-18(23)12-24)5-2-16-3-6-19(7-4-16)31(25,29)30/h2-11,13-14,27H,1H3,(H,26,28)(H2,25,29,30). The van der Waals surface area contributed by atoms with Crippen LogP contribution >= 0.6 is 0 Å². The lowest BCUT2D eigenvalue weighted by atomic mass is 10.1. The highest BCUT2D eigenvalue weighted by Crippen LogP contribution is 2.31. The van der Waals surface area contributed by atoms with Gasteiger partial charge in [-0.3, -0.25) is 4.98 Å². The van der Waals surface area contributed by atoms with Gasteiger partial charge in [-0.1, -0.05) is 24.3 Å². The molecule has 0 atom stereocenters. The van der Waals surface area contributed by atoms with Gasteiger partial charge in [0.25, 0.3) is 0 Å². The SMILES string of the molecule is Cc1c(Nc2c(C#N)cncc2C=Cc2ccc(S(N)(=O)=O)cc2)ccc2[nH]ccc12. The van der Waals surface area contributed by atoms with E-state index in [1.807, 2.05) is 43.5 Å². The summed E-state index contributed by atoms with van der Waals surface area (Å²) in [4.78, 5) is 7.41. The minimum Gasteiger partial charge on any atom is -0.361 e. The second-order valence-corrected chi connectivity index (χ2v) is 8.57. The number of H-pyrrole nitrogens is 1. The van der Waals surface area contributed by atoms with E-state index in [0.29, 0.717) is 11.3 Å². The Kier molecular flexibility index (Phi) is 5.29. The van der Waals surface area contributed by atoms with Crippen molar-refractivity contribution in [2.45, 2.75) is 11.8 Å². The number of rotatable bonds is 5. The normalized spacial score (nSPS) is 11.6. The number of aromatic amines is 1. The first-order chi connectivity index (χ1) is 14.9. The van der Waals surface area contributed by atoms with Crippen LogP contribution in [0.25, 0.3) is 23.1 Å². The first kappa shape index (κ1) is 20.3. The first-order valence-electron chi connectivity index (χ1n) is 9.39. The van der Waals surface area contributed by atoms with Gasteiger partial charge < -0.3 is 10.3 Å². The van der Waals surface area contributed by atoms with Gasteiger partial charge in [0.1, 0.15) is 6.07 Å². The number of fused-ring (bicyclic) bond motifs is 1. The molecule has 4 rings (SSSR count). The Morgan fingerprint density at radius 2 is 1.87 bits per heavy atom. The zero-order chi connectivity index (χ0) is 22.0. The van der Waals surface area contributed by atoms with E-state index in [1.165, 1.54) is 18.3 Å². The maximum atomic E-state index is 11.4. The van der Waals surface area contributed by atoms with Crippen LogP contribution in [0.3, 0.4) is 0 Å². The molecule has 0 unspecified atom stereocenters. The van der Waals surface area contributed by atoms with Crippen molar-refractivity contribution in [1.82, 2.24) is 9.97 Å². The third-order valence-electron chi connectivity index (χ3n) is 5.02. The van der Waals surface area contributed by atoms with Crippen molar-refractivity contribution in [3.05, 3.63) is 83.3 Å². The number of nitrogens with zero attached hydrogens (tertiary/aromatic N) is 2. The summed E-state index contributed by atoms with van der Waals surface area (Å²) in [5.74, 6) is 0. The lowest BCUT2D eigenvalue weighted by Gasteiger charge is -2.14. The Hall–Kier alpha value is -3.93. The molecule has 154 valence electrons. The first-order valence-corrected chi connectivity index (χ1v) is 10.9. The predicted octanol–water partition coefficient (Wildman–Crippen LogP) is 4.30. The molecule has 2 aromatic carbocycles. The van der Waals surface area contributed by atoms with Crippen LogP contribution < -0.4 is 10.5 Å². The molecule has 0 aliphatic rings. The number of benzene rings is 2. The van der Waals surface area contributed by atoms with Gasteiger partial charge in [0.05, 0.1) is 16.1 Å².